The number of carbonyl (C=O) groups excluding carboxylic acids is 2. The van der Waals surface area contributed by atoms with Crippen molar-refractivity contribution < 1.29 is 14.3 Å². The fourth-order valence-electron chi connectivity index (χ4n) is 2.26. The molecule has 1 unspecified atom stereocenters. The highest BCUT2D eigenvalue weighted by molar-refractivity contribution is 8.14. The van der Waals surface area contributed by atoms with E-state index < -0.39 is 11.7 Å². The van der Waals surface area contributed by atoms with Crippen LogP contribution < -0.4 is 5.32 Å². The largest absolute Gasteiger partial charge is 0.442 e. The van der Waals surface area contributed by atoms with Crippen LogP contribution in [0, 0.1) is 0 Å². The molecule has 23 heavy (non-hydrogen) atoms. The second-order valence-electron chi connectivity index (χ2n) is 6.45. The number of hydrogen-bond acceptors (Lipinski definition) is 6. The number of ether oxygens (including phenoxy) is 1. The molecule has 0 bridgehead atoms. The van der Waals surface area contributed by atoms with E-state index in [9.17, 15) is 9.59 Å². The van der Waals surface area contributed by atoms with Gasteiger partial charge in [-0.3, -0.25) is 4.79 Å². The summed E-state index contributed by atoms with van der Waals surface area (Å²) in [4.78, 5) is 23.3. The van der Waals surface area contributed by atoms with E-state index >= 15 is 0 Å². The summed E-state index contributed by atoms with van der Waals surface area (Å²) in [6.07, 6.45) is 3.93. The summed E-state index contributed by atoms with van der Waals surface area (Å²) in [5.41, 5.74) is 1.24. The fourth-order valence-corrected chi connectivity index (χ4v) is 3.20. The van der Waals surface area contributed by atoms with Crippen LogP contribution in [0.1, 0.15) is 39.8 Å². The molecule has 1 aromatic heterocycles. The Kier molecular flexibility index (Phi) is 5.64. The molecule has 126 valence electrons. The Hall–Kier alpha value is -1.60. The van der Waals surface area contributed by atoms with Crippen LogP contribution in [-0.4, -0.2) is 44.9 Å². The minimum absolute atomic E-state index is 0.113. The molecule has 0 radical (unpaired) electrons. The van der Waals surface area contributed by atoms with E-state index in [2.05, 4.69) is 10.4 Å². The molecule has 1 fully saturated rings. The first-order valence-electron chi connectivity index (χ1n) is 7.62. The summed E-state index contributed by atoms with van der Waals surface area (Å²) >= 11 is 1.35. The van der Waals surface area contributed by atoms with E-state index in [1.54, 1.807) is 19.2 Å². The lowest BCUT2D eigenvalue weighted by Crippen LogP contribution is -2.32. The van der Waals surface area contributed by atoms with Gasteiger partial charge >= 0.3 is 6.09 Å². The Morgan fingerprint density at radius 1 is 1.48 bits per heavy atom. The highest BCUT2D eigenvalue weighted by atomic mass is 32.2. The molecule has 2 rings (SSSR count). The standard InChI is InChI=1S/C16H23N3O3S/c1-11(20)23-14-5-7-17-10-12(14)9-13-6-8-19(18-13)15(21)22-16(2,3)4/h6,8-9,14,17H,5,7,10H2,1-4H3/b12-9-. The van der Waals surface area contributed by atoms with Crippen LogP contribution in [0.5, 0.6) is 0 Å². The van der Waals surface area contributed by atoms with Gasteiger partial charge in [-0.15, -0.1) is 0 Å². The summed E-state index contributed by atoms with van der Waals surface area (Å²) in [7, 11) is 0. The number of rotatable bonds is 2. The first kappa shape index (κ1) is 17.7. The molecular formula is C16H23N3O3S. The molecule has 1 aliphatic rings. The topological polar surface area (TPSA) is 73.2 Å². The zero-order valence-electron chi connectivity index (χ0n) is 14.0. The van der Waals surface area contributed by atoms with Gasteiger partial charge in [0.15, 0.2) is 5.12 Å². The van der Waals surface area contributed by atoms with Gasteiger partial charge in [0.25, 0.3) is 0 Å². The molecule has 1 saturated heterocycles. The third kappa shape index (κ3) is 5.51. The monoisotopic (exact) mass is 337 g/mol. The van der Waals surface area contributed by atoms with Crippen molar-refractivity contribution in [2.45, 2.75) is 45.0 Å². The molecule has 7 heteroatoms. The van der Waals surface area contributed by atoms with E-state index in [4.69, 9.17) is 4.74 Å². The molecule has 0 aromatic carbocycles. The highest BCUT2D eigenvalue weighted by Crippen LogP contribution is 2.26. The van der Waals surface area contributed by atoms with Gasteiger partial charge in [0.2, 0.25) is 0 Å². The zero-order valence-corrected chi connectivity index (χ0v) is 14.8. The van der Waals surface area contributed by atoms with Gasteiger partial charge < -0.3 is 10.1 Å². The molecule has 1 atom stereocenters. The van der Waals surface area contributed by atoms with E-state index in [0.717, 1.165) is 25.1 Å². The zero-order chi connectivity index (χ0) is 17.0. The van der Waals surface area contributed by atoms with Gasteiger partial charge in [0, 0.05) is 24.9 Å². The van der Waals surface area contributed by atoms with Crippen molar-refractivity contribution in [2.75, 3.05) is 13.1 Å². The average molecular weight is 337 g/mol. The second-order valence-corrected chi connectivity index (χ2v) is 7.83. The normalized spacial score (nSPS) is 20.5. The van der Waals surface area contributed by atoms with E-state index in [-0.39, 0.29) is 10.4 Å². The van der Waals surface area contributed by atoms with Crippen LogP contribution in [0.25, 0.3) is 6.08 Å². The van der Waals surface area contributed by atoms with Crippen LogP contribution in [0.2, 0.25) is 0 Å². The number of nitrogens with zero attached hydrogens (tertiary/aromatic N) is 2. The van der Waals surface area contributed by atoms with Crippen molar-refractivity contribution in [3.05, 3.63) is 23.5 Å². The van der Waals surface area contributed by atoms with Crippen LogP contribution >= 0.6 is 11.8 Å². The predicted molar refractivity (Wildman–Crippen MR) is 91.4 cm³/mol. The fraction of sp³-hybridized carbons (Fsp3) is 0.562. The van der Waals surface area contributed by atoms with Crippen LogP contribution in [-0.2, 0) is 9.53 Å². The minimum atomic E-state index is -0.557. The maximum Gasteiger partial charge on any atom is 0.435 e. The smallest absolute Gasteiger partial charge is 0.435 e. The second kappa shape index (κ2) is 7.31. The predicted octanol–water partition coefficient (Wildman–Crippen LogP) is 2.69. The van der Waals surface area contributed by atoms with Gasteiger partial charge in [-0.1, -0.05) is 11.8 Å². The maximum absolute atomic E-state index is 12.0. The van der Waals surface area contributed by atoms with Crippen LogP contribution in [0.15, 0.2) is 17.8 Å². The Bertz CT molecular complexity index is 616. The van der Waals surface area contributed by atoms with E-state index in [0.29, 0.717) is 5.69 Å². The summed E-state index contributed by atoms with van der Waals surface area (Å²) in [5.74, 6) is 0. The first-order valence-corrected chi connectivity index (χ1v) is 8.50. The molecule has 1 aliphatic heterocycles. The molecule has 6 nitrogen and oxygen atoms in total. The Labute approximate surface area is 140 Å². The summed E-state index contributed by atoms with van der Waals surface area (Å²) in [5, 5.41) is 7.83. The number of hydrogen-bond donors (Lipinski definition) is 1. The van der Waals surface area contributed by atoms with E-state index in [1.165, 1.54) is 16.4 Å². The van der Waals surface area contributed by atoms with Crippen LogP contribution in [0.3, 0.4) is 0 Å². The van der Waals surface area contributed by atoms with Crippen molar-refractivity contribution >= 4 is 29.0 Å². The molecule has 1 N–H and O–H groups in total. The molecule has 0 amide bonds. The van der Waals surface area contributed by atoms with Gasteiger partial charge in [-0.05, 0) is 51.5 Å². The highest BCUT2D eigenvalue weighted by Gasteiger charge is 2.22. The summed E-state index contributed by atoms with van der Waals surface area (Å²) in [6.45, 7) is 8.65. The first-order chi connectivity index (χ1) is 10.7. The quantitative estimate of drug-likeness (QED) is 0.894. The third-order valence-corrected chi connectivity index (χ3v) is 4.31. The van der Waals surface area contributed by atoms with Gasteiger partial charge in [0.1, 0.15) is 5.60 Å². The molecule has 0 saturated carbocycles. The third-order valence-electron chi connectivity index (χ3n) is 3.16. The minimum Gasteiger partial charge on any atom is -0.442 e. The maximum atomic E-state index is 12.0. The van der Waals surface area contributed by atoms with Crippen molar-refractivity contribution in [1.29, 1.82) is 0 Å². The van der Waals surface area contributed by atoms with E-state index in [1.807, 2.05) is 26.8 Å². The average Bonchev–Trinajstić information content (AvgIpc) is 2.87. The van der Waals surface area contributed by atoms with Crippen molar-refractivity contribution in [3.63, 3.8) is 0 Å². The number of aromatic nitrogens is 2. The van der Waals surface area contributed by atoms with Gasteiger partial charge in [0.05, 0.1) is 5.69 Å². The summed E-state index contributed by atoms with van der Waals surface area (Å²) in [6, 6.07) is 1.76. The molecule has 1 aromatic rings. The molecular weight excluding hydrogens is 314 g/mol. The lowest BCUT2D eigenvalue weighted by Gasteiger charge is -2.24. The summed E-state index contributed by atoms with van der Waals surface area (Å²) < 4.78 is 6.48. The lowest BCUT2D eigenvalue weighted by atomic mass is 10.0. The van der Waals surface area contributed by atoms with Crippen molar-refractivity contribution in [2.24, 2.45) is 0 Å². The van der Waals surface area contributed by atoms with Gasteiger partial charge in [-0.2, -0.15) is 9.78 Å². The molecule has 0 aliphatic carbocycles. The molecule has 0 spiro atoms. The number of carbonyl (C=O) groups is 2. The SMILES string of the molecule is CC(=O)SC1CCNC/C1=C/c1ccn(C(=O)OC(C)(C)C)n1. The van der Waals surface area contributed by atoms with Crippen molar-refractivity contribution in [1.82, 2.24) is 15.1 Å². The Morgan fingerprint density at radius 2 is 2.22 bits per heavy atom. The van der Waals surface area contributed by atoms with Crippen molar-refractivity contribution in [3.8, 4) is 0 Å². The van der Waals surface area contributed by atoms with Crippen LogP contribution in [0.4, 0.5) is 4.79 Å². The number of nitrogens with one attached hydrogen (secondary N) is 1. The lowest BCUT2D eigenvalue weighted by molar-refractivity contribution is -0.109. The Balaban J connectivity index is 2.12. The number of thioether (sulfide) groups is 1. The van der Waals surface area contributed by atoms with Gasteiger partial charge in [-0.25, -0.2) is 4.79 Å². The molecule has 2 heterocycles. The number of piperidine rings is 1. The Morgan fingerprint density at radius 3 is 2.87 bits per heavy atom.